The molecule has 2 rings (SSSR count). The molecule has 4 nitrogen and oxygen atoms in total. The van der Waals surface area contributed by atoms with Crippen molar-refractivity contribution in [2.24, 2.45) is 0 Å². The predicted molar refractivity (Wildman–Crippen MR) is 94.1 cm³/mol. The Hall–Kier alpha value is -2.69. The molecule has 1 amide bonds. The summed E-state index contributed by atoms with van der Waals surface area (Å²) in [5, 5.41) is 11.8. The van der Waals surface area contributed by atoms with E-state index in [0.29, 0.717) is 0 Å². The highest BCUT2D eigenvalue weighted by molar-refractivity contribution is 5.96. The predicted octanol–water partition coefficient (Wildman–Crippen LogP) is 3.55. The summed E-state index contributed by atoms with van der Waals surface area (Å²) < 4.78 is 13.2. The highest BCUT2D eigenvalue weighted by Crippen LogP contribution is 2.22. The van der Waals surface area contributed by atoms with Crippen LogP contribution in [-0.4, -0.2) is 23.0 Å². The molecule has 0 saturated carbocycles. The highest BCUT2D eigenvalue weighted by atomic mass is 19.1. The largest absolute Gasteiger partial charge is 0.480 e. The number of hydrogen-bond donors (Lipinski definition) is 2. The average molecular weight is 343 g/mol. The number of hydrogen-bond acceptors (Lipinski definition) is 2. The van der Waals surface area contributed by atoms with Crippen LogP contribution in [0.3, 0.4) is 0 Å². The molecule has 0 aromatic heterocycles. The summed E-state index contributed by atoms with van der Waals surface area (Å²) in [6, 6.07) is 11.7. The number of carbonyl (C=O) groups is 2. The molecule has 0 unspecified atom stereocenters. The van der Waals surface area contributed by atoms with Gasteiger partial charge in [0.1, 0.15) is 11.9 Å². The van der Waals surface area contributed by atoms with E-state index in [1.54, 1.807) is 0 Å². The second-order valence-electron chi connectivity index (χ2n) is 7.03. The first kappa shape index (κ1) is 18.6. The maximum atomic E-state index is 13.2. The molecule has 1 atom stereocenters. The van der Waals surface area contributed by atoms with Crippen LogP contribution < -0.4 is 5.32 Å². The topological polar surface area (TPSA) is 66.4 Å². The second-order valence-corrected chi connectivity index (χ2v) is 7.03. The molecular formula is C20H22FNO3. The van der Waals surface area contributed by atoms with Crippen LogP contribution in [0, 0.1) is 5.82 Å². The number of amides is 1. The van der Waals surface area contributed by atoms with Gasteiger partial charge in [0.25, 0.3) is 5.91 Å². The number of halogens is 1. The van der Waals surface area contributed by atoms with Gasteiger partial charge in [-0.25, -0.2) is 9.18 Å². The van der Waals surface area contributed by atoms with Crippen molar-refractivity contribution in [1.82, 2.24) is 5.32 Å². The van der Waals surface area contributed by atoms with Gasteiger partial charge in [-0.2, -0.15) is 0 Å². The Bertz CT molecular complexity index is 763. The summed E-state index contributed by atoms with van der Waals surface area (Å²) >= 11 is 0. The number of aliphatic carboxylic acids is 1. The molecule has 0 aliphatic heterocycles. The van der Waals surface area contributed by atoms with Crippen LogP contribution in [0.1, 0.15) is 42.3 Å². The van der Waals surface area contributed by atoms with Crippen molar-refractivity contribution in [3.05, 3.63) is 71.0 Å². The van der Waals surface area contributed by atoms with E-state index in [0.717, 1.165) is 17.2 Å². The van der Waals surface area contributed by atoms with E-state index in [-0.39, 0.29) is 17.4 Å². The normalized spacial score (nSPS) is 12.5. The van der Waals surface area contributed by atoms with Crippen molar-refractivity contribution in [1.29, 1.82) is 0 Å². The molecule has 2 aromatic carbocycles. The highest BCUT2D eigenvalue weighted by Gasteiger charge is 2.22. The van der Waals surface area contributed by atoms with E-state index >= 15 is 0 Å². The van der Waals surface area contributed by atoms with Crippen molar-refractivity contribution < 1.29 is 19.1 Å². The zero-order valence-electron chi connectivity index (χ0n) is 14.5. The van der Waals surface area contributed by atoms with Crippen molar-refractivity contribution in [2.45, 2.75) is 38.6 Å². The Morgan fingerprint density at radius 2 is 1.76 bits per heavy atom. The standard InChI is InChI=1S/C20H22FNO3/c1-20(2,3)15-9-7-13(8-10-15)11-17(19(24)25)22-18(23)14-5-4-6-16(21)12-14/h4-10,12,17H,11H2,1-3H3,(H,22,23)(H,24,25)/t17-/m1/s1. The molecule has 0 aliphatic carbocycles. The zero-order valence-corrected chi connectivity index (χ0v) is 14.5. The number of carbonyl (C=O) groups excluding carboxylic acids is 1. The maximum absolute atomic E-state index is 13.2. The van der Waals surface area contributed by atoms with Crippen molar-refractivity contribution in [3.8, 4) is 0 Å². The average Bonchev–Trinajstić information content (AvgIpc) is 2.53. The smallest absolute Gasteiger partial charge is 0.326 e. The molecule has 132 valence electrons. The Morgan fingerprint density at radius 3 is 2.28 bits per heavy atom. The first-order valence-electron chi connectivity index (χ1n) is 8.05. The van der Waals surface area contributed by atoms with E-state index in [1.165, 1.54) is 18.2 Å². The summed E-state index contributed by atoms with van der Waals surface area (Å²) in [5.74, 6) is -2.29. The van der Waals surface area contributed by atoms with Gasteiger partial charge in [0.05, 0.1) is 0 Å². The molecule has 2 aromatic rings. The van der Waals surface area contributed by atoms with Gasteiger partial charge in [-0.05, 0) is 34.7 Å². The molecule has 0 spiro atoms. The Kier molecular flexibility index (Phi) is 5.57. The fourth-order valence-electron chi connectivity index (χ4n) is 2.45. The van der Waals surface area contributed by atoms with Gasteiger partial charge in [0.2, 0.25) is 0 Å². The Morgan fingerprint density at radius 1 is 1.12 bits per heavy atom. The molecule has 5 heteroatoms. The molecule has 0 saturated heterocycles. The number of nitrogens with one attached hydrogen (secondary N) is 1. The van der Waals surface area contributed by atoms with Crippen molar-refractivity contribution >= 4 is 11.9 Å². The quantitative estimate of drug-likeness (QED) is 0.872. The van der Waals surface area contributed by atoms with Gasteiger partial charge in [-0.15, -0.1) is 0 Å². The van der Waals surface area contributed by atoms with E-state index in [4.69, 9.17) is 0 Å². The van der Waals surface area contributed by atoms with Gasteiger partial charge >= 0.3 is 5.97 Å². The lowest BCUT2D eigenvalue weighted by atomic mass is 9.86. The summed E-state index contributed by atoms with van der Waals surface area (Å²) in [7, 11) is 0. The Labute approximate surface area is 146 Å². The second kappa shape index (κ2) is 7.47. The lowest BCUT2D eigenvalue weighted by molar-refractivity contribution is -0.139. The van der Waals surface area contributed by atoms with Gasteiger partial charge in [-0.3, -0.25) is 4.79 Å². The minimum absolute atomic E-state index is 0.0102. The molecule has 0 fully saturated rings. The lowest BCUT2D eigenvalue weighted by Crippen LogP contribution is -2.42. The third kappa shape index (κ3) is 5.14. The fraction of sp³-hybridized carbons (Fsp3) is 0.300. The zero-order chi connectivity index (χ0) is 18.6. The number of carboxylic acid groups (broad SMARTS) is 1. The van der Waals surface area contributed by atoms with E-state index < -0.39 is 23.7 Å². The molecule has 2 N–H and O–H groups in total. The van der Waals surface area contributed by atoms with Gasteiger partial charge in [-0.1, -0.05) is 51.1 Å². The molecule has 0 radical (unpaired) electrons. The maximum Gasteiger partial charge on any atom is 0.326 e. The summed E-state index contributed by atoms with van der Waals surface area (Å²) in [6.45, 7) is 6.30. The van der Waals surface area contributed by atoms with Crippen molar-refractivity contribution in [2.75, 3.05) is 0 Å². The van der Waals surface area contributed by atoms with Crippen LogP contribution in [0.2, 0.25) is 0 Å². The van der Waals surface area contributed by atoms with E-state index in [2.05, 4.69) is 26.1 Å². The van der Waals surface area contributed by atoms with Crippen LogP contribution >= 0.6 is 0 Å². The number of carboxylic acids is 1. The van der Waals surface area contributed by atoms with Crippen LogP contribution in [-0.2, 0) is 16.6 Å². The number of benzene rings is 2. The van der Waals surface area contributed by atoms with Crippen LogP contribution in [0.15, 0.2) is 48.5 Å². The van der Waals surface area contributed by atoms with Crippen LogP contribution in [0.4, 0.5) is 4.39 Å². The van der Waals surface area contributed by atoms with E-state index in [1.807, 2.05) is 24.3 Å². The van der Waals surface area contributed by atoms with Gasteiger partial charge in [0, 0.05) is 12.0 Å². The fourth-order valence-corrected chi connectivity index (χ4v) is 2.45. The van der Waals surface area contributed by atoms with Crippen LogP contribution in [0.5, 0.6) is 0 Å². The Balaban J connectivity index is 2.11. The monoisotopic (exact) mass is 343 g/mol. The van der Waals surface area contributed by atoms with Crippen molar-refractivity contribution in [3.63, 3.8) is 0 Å². The minimum atomic E-state index is -1.13. The summed E-state index contributed by atoms with van der Waals surface area (Å²) in [5.41, 5.74) is 2.05. The molecule has 0 bridgehead atoms. The van der Waals surface area contributed by atoms with E-state index in [9.17, 15) is 19.1 Å². The molecule has 0 aliphatic rings. The van der Waals surface area contributed by atoms with Crippen LogP contribution in [0.25, 0.3) is 0 Å². The summed E-state index contributed by atoms with van der Waals surface area (Å²) in [4.78, 5) is 23.6. The first-order chi connectivity index (χ1) is 11.7. The first-order valence-corrected chi connectivity index (χ1v) is 8.05. The SMILES string of the molecule is CC(C)(C)c1ccc(C[C@@H](NC(=O)c2cccc(F)c2)C(=O)O)cc1. The van der Waals surface area contributed by atoms with Gasteiger partial charge in [0.15, 0.2) is 0 Å². The third-order valence-corrected chi connectivity index (χ3v) is 3.95. The van der Waals surface area contributed by atoms with Gasteiger partial charge < -0.3 is 10.4 Å². The lowest BCUT2D eigenvalue weighted by Gasteiger charge is -2.20. The molecule has 25 heavy (non-hydrogen) atoms. The molecular weight excluding hydrogens is 321 g/mol. The molecule has 0 heterocycles. The third-order valence-electron chi connectivity index (χ3n) is 3.95. The number of rotatable bonds is 5. The summed E-state index contributed by atoms with van der Waals surface area (Å²) in [6.07, 6.45) is 0.154. The minimum Gasteiger partial charge on any atom is -0.480 e.